The van der Waals surface area contributed by atoms with Gasteiger partial charge in [0.05, 0.1) is 17.6 Å². The van der Waals surface area contributed by atoms with Gasteiger partial charge in [0.25, 0.3) is 0 Å². The summed E-state index contributed by atoms with van der Waals surface area (Å²) in [6.07, 6.45) is 2.59. The van der Waals surface area contributed by atoms with Crippen LogP contribution >= 0.6 is 11.3 Å². The van der Waals surface area contributed by atoms with E-state index in [1.807, 2.05) is 32.0 Å². The number of hydrogen-bond acceptors (Lipinski definition) is 6. The van der Waals surface area contributed by atoms with Gasteiger partial charge in [-0.15, -0.1) is 16.4 Å². The Bertz CT molecular complexity index is 1190. The third-order valence-electron chi connectivity index (χ3n) is 5.21. The highest BCUT2D eigenvalue weighted by atomic mass is 32.1. The van der Waals surface area contributed by atoms with Gasteiger partial charge in [-0.05, 0) is 44.4 Å². The van der Waals surface area contributed by atoms with Crippen molar-refractivity contribution in [2.45, 2.75) is 52.9 Å². The minimum atomic E-state index is -0.178. The lowest BCUT2D eigenvalue weighted by Crippen LogP contribution is -2.31. The molecular weight excluding hydrogens is 372 g/mol. The van der Waals surface area contributed by atoms with Gasteiger partial charge >= 0.3 is 0 Å². The summed E-state index contributed by atoms with van der Waals surface area (Å²) in [4.78, 5) is 11.6. The van der Waals surface area contributed by atoms with Crippen molar-refractivity contribution in [2.75, 3.05) is 0 Å². The zero-order valence-corrected chi connectivity index (χ0v) is 17.3. The number of aromatic nitrogens is 4. The molecule has 3 aromatic heterocycles. The summed E-state index contributed by atoms with van der Waals surface area (Å²) in [5.74, 6) is 1.56. The standard InChI is InChI=1S/C21H22N4O2S/c1-12-6-5-7-13(2)18(12)26-10-16-23-19-17-14-8-21(3,4)27-9-15(14)28-20(17)22-11-25(19)24-16/h5-7,11H,8-10H2,1-4H3. The van der Waals surface area contributed by atoms with E-state index in [4.69, 9.17) is 14.5 Å². The highest BCUT2D eigenvalue weighted by Gasteiger charge is 2.30. The minimum absolute atomic E-state index is 0.178. The number of para-hydroxylation sites is 1. The molecular formula is C21H22N4O2S. The minimum Gasteiger partial charge on any atom is -0.485 e. The molecule has 0 atom stereocenters. The maximum Gasteiger partial charge on any atom is 0.189 e. The quantitative estimate of drug-likeness (QED) is 0.516. The monoisotopic (exact) mass is 394 g/mol. The molecule has 0 fully saturated rings. The van der Waals surface area contributed by atoms with E-state index in [1.54, 1.807) is 22.2 Å². The van der Waals surface area contributed by atoms with Crippen LogP contribution in [0.3, 0.4) is 0 Å². The molecule has 0 spiro atoms. The average Bonchev–Trinajstić information content (AvgIpc) is 3.20. The van der Waals surface area contributed by atoms with Gasteiger partial charge in [-0.25, -0.2) is 14.5 Å². The molecule has 1 aliphatic rings. The Hall–Kier alpha value is -2.51. The Morgan fingerprint density at radius 3 is 2.82 bits per heavy atom. The van der Waals surface area contributed by atoms with Gasteiger partial charge in [0, 0.05) is 11.3 Å². The van der Waals surface area contributed by atoms with Crippen LogP contribution in [0.5, 0.6) is 5.75 Å². The molecule has 0 bridgehead atoms. The largest absolute Gasteiger partial charge is 0.485 e. The van der Waals surface area contributed by atoms with E-state index in [0.717, 1.165) is 39.2 Å². The molecule has 144 valence electrons. The first-order valence-electron chi connectivity index (χ1n) is 9.39. The van der Waals surface area contributed by atoms with Gasteiger partial charge in [-0.3, -0.25) is 0 Å². The Kier molecular flexibility index (Phi) is 3.93. The van der Waals surface area contributed by atoms with E-state index in [2.05, 4.69) is 23.9 Å². The van der Waals surface area contributed by atoms with E-state index in [0.29, 0.717) is 19.0 Å². The summed E-state index contributed by atoms with van der Waals surface area (Å²) in [6.45, 7) is 9.31. The summed E-state index contributed by atoms with van der Waals surface area (Å²) < 4.78 is 13.8. The van der Waals surface area contributed by atoms with Crippen molar-refractivity contribution in [1.29, 1.82) is 0 Å². The molecule has 0 saturated carbocycles. The molecule has 4 heterocycles. The lowest BCUT2D eigenvalue weighted by molar-refractivity contribution is -0.0379. The third kappa shape index (κ3) is 2.86. The maximum absolute atomic E-state index is 6.05. The van der Waals surface area contributed by atoms with E-state index in [9.17, 15) is 0 Å². The maximum atomic E-state index is 6.05. The predicted molar refractivity (Wildman–Crippen MR) is 109 cm³/mol. The van der Waals surface area contributed by atoms with Crippen LogP contribution in [0.2, 0.25) is 0 Å². The van der Waals surface area contributed by atoms with Gasteiger partial charge in [-0.1, -0.05) is 18.2 Å². The summed E-state index contributed by atoms with van der Waals surface area (Å²) in [5.41, 5.74) is 4.19. The van der Waals surface area contributed by atoms with Crippen molar-refractivity contribution in [2.24, 2.45) is 0 Å². The van der Waals surface area contributed by atoms with Gasteiger partial charge in [0.1, 0.15) is 23.5 Å². The van der Waals surface area contributed by atoms with E-state index in [1.165, 1.54) is 10.4 Å². The van der Waals surface area contributed by atoms with Gasteiger partial charge in [0.15, 0.2) is 11.5 Å². The zero-order chi connectivity index (χ0) is 19.5. The SMILES string of the molecule is Cc1cccc(C)c1OCc1nc2c3c4c(sc3ncn2n1)COC(C)(C)C4. The Balaban J connectivity index is 1.54. The van der Waals surface area contributed by atoms with Crippen LogP contribution < -0.4 is 4.74 Å². The fourth-order valence-corrected chi connectivity index (χ4v) is 4.88. The van der Waals surface area contributed by atoms with Crippen LogP contribution in [0.1, 0.15) is 41.2 Å². The smallest absolute Gasteiger partial charge is 0.189 e. The highest BCUT2D eigenvalue weighted by molar-refractivity contribution is 7.19. The Morgan fingerprint density at radius 1 is 1.25 bits per heavy atom. The molecule has 0 amide bonds. The fraction of sp³-hybridized carbons (Fsp3) is 0.381. The van der Waals surface area contributed by atoms with Gasteiger partial charge in [0.2, 0.25) is 0 Å². The molecule has 6 nitrogen and oxygen atoms in total. The number of ether oxygens (including phenoxy) is 2. The van der Waals surface area contributed by atoms with Gasteiger partial charge in [-0.2, -0.15) is 0 Å². The Labute approximate surface area is 167 Å². The Morgan fingerprint density at radius 2 is 2.04 bits per heavy atom. The van der Waals surface area contributed by atoms with Crippen LogP contribution in [-0.4, -0.2) is 25.2 Å². The predicted octanol–water partition coefficient (Wildman–Crippen LogP) is 4.39. The second kappa shape index (κ2) is 6.25. The van der Waals surface area contributed by atoms with Crippen molar-refractivity contribution in [1.82, 2.24) is 19.6 Å². The summed E-state index contributed by atoms with van der Waals surface area (Å²) in [7, 11) is 0. The molecule has 0 radical (unpaired) electrons. The highest BCUT2D eigenvalue weighted by Crippen LogP contribution is 2.39. The number of aryl methyl sites for hydroxylation is 2. The first-order chi connectivity index (χ1) is 13.4. The van der Waals surface area contributed by atoms with Gasteiger partial charge < -0.3 is 9.47 Å². The molecule has 28 heavy (non-hydrogen) atoms. The first kappa shape index (κ1) is 17.6. The van der Waals surface area contributed by atoms with E-state index in [-0.39, 0.29) is 5.60 Å². The molecule has 4 aromatic rings. The summed E-state index contributed by atoms with van der Waals surface area (Å²) in [5, 5.41) is 5.70. The molecule has 5 rings (SSSR count). The fourth-order valence-electron chi connectivity index (χ4n) is 3.81. The number of rotatable bonds is 3. The molecule has 0 N–H and O–H groups in total. The van der Waals surface area contributed by atoms with Crippen LogP contribution in [0.15, 0.2) is 24.5 Å². The van der Waals surface area contributed by atoms with Crippen molar-refractivity contribution >= 4 is 27.2 Å². The number of thiophene rings is 1. The van der Waals surface area contributed by atoms with Crippen LogP contribution in [-0.2, 0) is 24.4 Å². The molecule has 1 aliphatic heterocycles. The van der Waals surface area contributed by atoms with Crippen molar-refractivity contribution in [3.63, 3.8) is 0 Å². The second-order valence-electron chi connectivity index (χ2n) is 7.96. The number of hydrogen-bond donors (Lipinski definition) is 0. The van der Waals surface area contributed by atoms with Crippen molar-refractivity contribution < 1.29 is 9.47 Å². The first-order valence-corrected chi connectivity index (χ1v) is 10.2. The molecule has 0 saturated heterocycles. The van der Waals surface area contributed by atoms with E-state index >= 15 is 0 Å². The second-order valence-corrected chi connectivity index (χ2v) is 9.04. The molecule has 0 unspecified atom stereocenters. The van der Waals surface area contributed by atoms with Crippen LogP contribution in [0.4, 0.5) is 0 Å². The average molecular weight is 395 g/mol. The number of benzene rings is 1. The topological polar surface area (TPSA) is 61.5 Å². The molecule has 0 aliphatic carbocycles. The molecule has 1 aromatic carbocycles. The molecule has 7 heteroatoms. The number of fused-ring (bicyclic) bond motifs is 5. The lowest BCUT2D eigenvalue weighted by Gasteiger charge is -2.30. The van der Waals surface area contributed by atoms with Crippen LogP contribution in [0, 0.1) is 13.8 Å². The van der Waals surface area contributed by atoms with Crippen LogP contribution in [0.25, 0.3) is 15.9 Å². The third-order valence-corrected chi connectivity index (χ3v) is 6.32. The van der Waals surface area contributed by atoms with Crippen molar-refractivity contribution in [3.8, 4) is 5.75 Å². The lowest BCUT2D eigenvalue weighted by atomic mass is 9.94. The number of nitrogens with zero attached hydrogens (tertiary/aromatic N) is 4. The van der Waals surface area contributed by atoms with E-state index < -0.39 is 0 Å². The summed E-state index contributed by atoms with van der Waals surface area (Å²) in [6, 6.07) is 6.14. The summed E-state index contributed by atoms with van der Waals surface area (Å²) >= 11 is 1.69. The van der Waals surface area contributed by atoms with Crippen molar-refractivity contribution in [3.05, 3.63) is 51.9 Å². The normalized spacial score (nSPS) is 15.9. The zero-order valence-electron chi connectivity index (χ0n) is 16.4.